The van der Waals surface area contributed by atoms with Crippen molar-refractivity contribution in [2.24, 2.45) is 0 Å². The topological polar surface area (TPSA) is 133 Å². The zero-order valence-electron chi connectivity index (χ0n) is 22.0. The average molecular weight is 526 g/mol. The van der Waals surface area contributed by atoms with Crippen LogP contribution in [0.2, 0.25) is 0 Å². The van der Waals surface area contributed by atoms with E-state index in [1.165, 1.54) is 0 Å². The highest BCUT2D eigenvalue weighted by Crippen LogP contribution is 2.44. The van der Waals surface area contributed by atoms with Crippen molar-refractivity contribution in [1.82, 2.24) is 20.2 Å². The van der Waals surface area contributed by atoms with Crippen LogP contribution in [-0.2, 0) is 15.0 Å². The summed E-state index contributed by atoms with van der Waals surface area (Å²) in [6.45, 7) is 7.92. The molecule has 0 bridgehead atoms. The first-order chi connectivity index (χ1) is 18.7. The number of aromatic nitrogens is 4. The molecule has 0 saturated heterocycles. The normalized spacial score (nSPS) is 15.0. The number of amides is 1. The molecule has 2 aliphatic heterocycles. The largest absolute Gasteiger partial charge is 0.481 e. The van der Waals surface area contributed by atoms with E-state index in [0.717, 1.165) is 68.4 Å². The van der Waals surface area contributed by atoms with Gasteiger partial charge in [-0.15, -0.1) is 0 Å². The summed E-state index contributed by atoms with van der Waals surface area (Å²) in [6.07, 6.45) is 0. The van der Waals surface area contributed by atoms with Crippen molar-refractivity contribution < 1.29 is 24.2 Å². The molecule has 7 rings (SSSR count). The number of nitrogens with zero attached hydrogens (tertiary/aromatic N) is 3. The number of aromatic amines is 2. The number of benzene rings is 3. The number of carboxylic acids is 1. The fraction of sp³-hybridized carbons (Fsp3) is 0.241. The fourth-order valence-electron chi connectivity index (χ4n) is 5.21. The van der Waals surface area contributed by atoms with Crippen LogP contribution in [0.3, 0.4) is 0 Å². The third-order valence-corrected chi connectivity index (χ3v) is 7.15. The Hall–Kier alpha value is -4.86. The van der Waals surface area contributed by atoms with Crippen LogP contribution < -0.4 is 14.4 Å². The van der Waals surface area contributed by atoms with Crippen molar-refractivity contribution in [2.45, 2.75) is 33.1 Å². The van der Waals surface area contributed by atoms with Gasteiger partial charge in [0.1, 0.15) is 5.69 Å². The average Bonchev–Trinajstić information content (AvgIpc) is 3.66. The van der Waals surface area contributed by atoms with Gasteiger partial charge in [-0.3, -0.25) is 14.7 Å². The molecular formula is C29H27N5O5. The molecule has 0 atom stereocenters. The van der Waals surface area contributed by atoms with Gasteiger partial charge in [-0.1, -0.05) is 12.1 Å². The maximum atomic E-state index is 12.9. The van der Waals surface area contributed by atoms with Crippen molar-refractivity contribution in [3.63, 3.8) is 0 Å². The first-order valence-corrected chi connectivity index (χ1v) is 12.6. The molecule has 0 radical (unpaired) electrons. The van der Waals surface area contributed by atoms with E-state index in [1.54, 1.807) is 0 Å². The van der Waals surface area contributed by atoms with Gasteiger partial charge < -0.3 is 24.5 Å². The Bertz CT molecular complexity index is 1780. The van der Waals surface area contributed by atoms with Gasteiger partial charge in [0.2, 0.25) is 12.7 Å². The summed E-state index contributed by atoms with van der Waals surface area (Å²) in [5, 5.41) is 16.1. The number of H-pyrrole nitrogens is 2. The number of hydrogen-bond donors (Lipinski definition) is 3. The van der Waals surface area contributed by atoms with Crippen LogP contribution in [-0.4, -0.2) is 50.5 Å². The Labute approximate surface area is 223 Å². The zero-order valence-corrected chi connectivity index (χ0v) is 22.0. The van der Waals surface area contributed by atoms with Crippen LogP contribution in [0.15, 0.2) is 48.5 Å². The Morgan fingerprint density at radius 1 is 1.05 bits per heavy atom. The van der Waals surface area contributed by atoms with Gasteiger partial charge in [-0.05, 0) is 73.9 Å². The lowest BCUT2D eigenvalue weighted by atomic mass is 9.86. The maximum Gasteiger partial charge on any atom is 0.300 e. The minimum atomic E-state index is -0.833. The van der Waals surface area contributed by atoms with E-state index in [9.17, 15) is 4.79 Å². The number of carbonyl (C=O) groups is 2. The summed E-state index contributed by atoms with van der Waals surface area (Å²) < 4.78 is 11.0. The monoisotopic (exact) mass is 525 g/mol. The van der Waals surface area contributed by atoms with Crippen molar-refractivity contribution in [3.05, 3.63) is 54.1 Å². The minimum Gasteiger partial charge on any atom is -0.481 e. The summed E-state index contributed by atoms with van der Waals surface area (Å²) in [6, 6.07) is 16.2. The Balaban J connectivity index is 0.000000650. The highest BCUT2D eigenvalue weighted by Gasteiger charge is 2.43. The van der Waals surface area contributed by atoms with Crippen LogP contribution in [0.25, 0.3) is 44.6 Å². The lowest BCUT2D eigenvalue weighted by Crippen LogP contribution is -2.35. The number of imidazole rings is 1. The number of hydrogen-bond acceptors (Lipinski definition) is 6. The number of rotatable bonds is 3. The number of nitrogens with one attached hydrogen (secondary N) is 2. The molecule has 0 saturated carbocycles. The van der Waals surface area contributed by atoms with Crippen LogP contribution in [0.5, 0.6) is 11.5 Å². The summed E-state index contributed by atoms with van der Waals surface area (Å²) in [5.41, 5.74) is 6.85. The number of carbonyl (C=O) groups excluding carboxylic acids is 1. The van der Waals surface area contributed by atoms with Gasteiger partial charge in [-0.2, -0.15) is 5.10 Å². The quantitative estimate of drug-likeness (QED) is 0.293. The molecule has 1 amide bonds. The predicted octanol–water partition coefficient (Wildman–Crippen LogP) is 5.24. The molecule has 0 spiro atoms. The van der Waals surface area contributed by atoms with Gasteiger partial charge in [0.25, 0.3) is 5.97 Å². The molecule has 10 heteroatoms. The van der Waals surface area contributed by atoms with Crippen LogP contribution in [0.1, 0.15) is 33.3 Å². The number of ether oxygens (including phenoxy) is 2. The maximum absolute atomic E-state index is 12.9. The fourth-order valence-corrected chi connectivity index (χ4v) is 5.21. The lowest BCUT2D eigenvalue weighted by Gasteiger charge is -2.18. The molecule has 10 nitrogen and oxygen atoms in total. The molecule has 0 unspecified atom stereocenters. The Kier molecular flexibility index (Phi) is 5.56. The number of anilines is 1. The third-order valence-electron chi connectivity index (χ3n) is 7.15. The first kappa shape index (κ1) is 24.5. The third kappa shape index (κ3) is 3.96. The molecule has 2 aromatic heterocycles. The molecule has 2 aliphatic rings. The molecule has 39 heavy (non-hydrogen) atoms. The summed E-state index contributed by atoms with van der Waals surface area (Å²) >= 11 is 0. The highest BCUT2D eigenvalue weighted by molar-refractivity contribution is 6.09. The molecule has 5 aromatic rings. The molecule has 0 aliphatic carbocycles. The summed E-state index contributed by atoms with van der Waals surface area (Å²) in [5.74, 6) is 1.49. The van der Waals surface area contributed by atoms with E-state index in [2.05, 4.69) is 33.4 Å². The number of fused-ring (bicyclic) bond motifs is 4. The number of aliphatic carboxylic acids is 1. The second-order valence-electron chi connectivity index (χ2n) is 10.1. The van der Waals surface area contributed by atoms with E-state index in [-0.39, 0.29) is 12.7 Å². The Morgan fingerprint density at radius 2 is 1.77 bits per heavy atom. The highest BCUT2D eigenvalue weighted by atomic mass is 16.7. The van der Waals surface area contributed by atoms with Gasteiger partial charge in [0.05, 0.1) is 27.7 Å². The number of carboxylic acid groups (broad SMARTS) is 1. The molecule has 0 fully saturated rings. The van der Waals surface area contributed by atoms with Crippen molar-refractivity contribution in [3.8, 4) is 34.1 Å². The zero-order chi connectivity index (χ0) is 27.5. The van der Waals surface area contributed by atoms with Gasteiger partial charge in [0.15, 0.2) is 17.3 Å². The molecule has 4 heterocycles. The van der Waals surface area contributed by atoms with Gasteiger partial charge in [-0.25, -0.2) is 4.98 Å². The van der Waals surface area contributed by atoms with E-state index in [0.29, 0.717) is 12.4 Å². The molecular weight excluding hydrogens is 498 g/mol. The SMILES string of the molecule is CC(=O)O.CCN1C(=O)C(C)(C)c2cc3[nH]c(-c4n[nH]c5ccc(-c6ccc7c(c6)OCO7)cc45)nc3cc21. The summed E-state index contributed by atoms with van der Waals surface area (Å²) in [7, 11) is 0. The minimum absolute atomic E-state index is 0.122. The second kappa shape index (κ2) is 8.87. The number of likely N-dealkylation sites (N-methyl/N-ethyl adjacent to an activating group) is 1. The molecule has 3 aromatic carbocycles. The van der Waals surface area contributed by atoms with E-state index in [1.807, 2.05) is 56.0 Å². The standard InChI is InChI=1S/C27H23N5O3.C2H4O2/c1-4-32-21-12-20-19(11-17(21)27(2,3)26(32)33)28-25(29-20)24-16-9-14(5-7-18(16)30-31-24)15-6-8-22-23(10-15)35-13-34-22;1-2(3)4/h5-12H,4,13H2,1-3H3,(H,28,29)(H,30,31);1H3,(H,3,4). The van der Waals surface area contributed by atoms with Crippen molar-refractivity contribution in [2.75, 3.05) is 18.2 Å². The van der Waals surface area contributed by atoms with Crippen LogP contribution in [0.4, 0.5) is 5.69 Å². The van der Waals surface area contributed by atoms with Crippen LogP contribution >= 0.6 is 0 Å². The van der Waals surface area contributed by atoms with E-state index in [4.69, 9.17) is 24.4 Å². The predicted molar refractivity (Wildman–Crippen MR) is 147 cm³/mol. The van der Waals surface area contributed by atoms with Crippen molar-refractivity contribution in [1.29, 1.82) is 0 Å². The first-order valence-electron chi connectivity index (χ1n) is 12.6. The molecule has 3 N–H and O–H groups in total. The van der Waals surface area contributed by atoms with E-state index < -0.39 is 11.4 Å². The van der Waals surface area contributed by atoms with E-state index >= 15 is 0 Å². The van der Waals surface area contributed by atoms with Gasteiger partial charge >= 0.3 is 0 Å². The van der Waals surface area contributed by atoms with Gasteiger partial charge in [0, 0.05) is 18.9 Å². The van der Waals surface area contributed by atoms with Crippen molar-refractivity contribution >= 4 is 39.5 Å². The summed E-state index contributed by atoms with van der Waals surface area (Å²) in [4.78, 5) is 32.0. The lowest BCUT2D eigenvalue weighted by molar-refractivity contribution is -0.134. The Morgan fingerprint density at radius 3 is 2.54 bits per heavy atom. The second-order valence-corrected chi connectivity index (χ2v) is 10.1. The van der Waals surface area contributed by atoms with Crippen LogP contribution in [0, 0.1) is 0 Å². The smallest absolute Gasteiger partial charge is 0.300 e. The molecule has 198 valence electrons.